The number of fused-ring (bicyclic) bond motifs is 2. The van der Waals surface area contributed by atoms with E-state index in [0.29, 0.717) is 17.3 Å². The third kappa shape index (κ3) is 3.51. The molecule has 0 spiro atoms. The number of nitrogens with zero attached hydrogens (tertiary/aromatic N) is 6. The second-order valence-corrected chi connectivity index (χ2v) is 8.36. The summed E-state index contributed by atoms with van der Waals surface area (Å²) >= 11 is 1.54. The summed E-state index contributed by atoms with van der Waals surface area (Å²) in [6.07, 6.45) is 3.80. The Morgan fingerprint density at radius 1 is 0.853 bits per heavy atom. The fourth-order valence-corrected chi connectivity index (χ4v) is 4.35. The molecule has 2 aromatic carbocycles. The van der Waals surface area contributed by atoms with E-state index in [-0.39, 0.29) is 11.1 Å². The summed E-state index contributed by atoms with van der Waals surface area (Å²) < 4.78 is 0. The second-order valence-electron chi connectivity index (χ2n) is 7.47. The Morgan fingerprint density at radius 2 is 1.68 bits per heavy atom. The molecular formula is C24H15N7O2S. The highest BCUT2D eigenvalue weighted by molar-refractivity contribution is 7.12. The van der Waals surface area contributed by atoms with Crippen LogP contribution in [0.25, 0.3) is 16.6 Å². The van der Waals surface area contributed by atoms with Gasteiger partial charge in [-0.1, -0.05) is 48.5 Å². The molecule has 34 heavy (non-hydrogen) atoms. The van der Waals surface area contributed by atoms with Crippen molar-refractivity contribution in [3.05, 3.63) is 94.9 Å². The molecule has 0 saturated heterocycles. The van der Waals surface area contributed by atoms with E-state index in [4.69, 9.17) is 4.98 Å². The average Bonchev–Trinajstić information content (AvgIpc) is 3.50. The Morgan fingerprint density at radius 3 is 2.50 bits per heavy atom. The van der Waals surface area contributed by atoms with Crippen LogP contribution in [0, 0.1) is 0 Å². The minimum absolute atomic E-state index is 0.184. The van der Waals surface area contributed by atoms with Crippen LogP contribution in [0.4, 0.5) is 11.5 Å². The Kier molecular flexibility index (Phi) is 4.70. The van der Waals surface area contributed by atoms with Crippen molar-refractivity contribution in [3.63, 3.8) is 0 Å². The molecule has 4 aliphatic heterocycles. The predicted octanol–water partition coefficient (Wildman–Crippen LogP) is 4.77. The highest BCUT2D eigenvalue weighted by atomic mass is 32.1. The lowest BCUT2D eigenvalue weighted by Gasteiger charge is -2.26. The van der Waals surface area contributed by atoms with Gasteiger partial charge in [0.25, 0.3) is 11.8 Å². The van der Waals surface area contributed by atoms with Crippen molar-refractivity contribution < 1.29 is 9.59 Å². The number of hydrazine groups is 2. The molecule has 0 radical (unpaired) electrons. The SMILES string of the molecule is O=C1N=NC(=O)c2cc(N3N=C(/C=C/c4ccccc4)NN3c3cc4cccsc-4n3)ccc21. The number of hydrogen-bond acceptors (Lipinski definition) is 8. The number of carbonyl (C=O) groups excluding carboxylic acids is 2. The first-order valence-electron chi connectivity index (χ1n) is 10.3. The summed E-state index contributed by atoms with van der Waals surface area (Å²) in [7, 11) is 0. The molecule has 10 heteroatoms. The number of aromatic nitrogens is 1. The van der Waals surface area contributed by atoms with E-state index in [1.54, 1.807) is 39.8 Å². The minimum atomic E-state index is -0.567. The third-order valence-corrected chi connectivity index (χ3v) is 6.11. The Hall–Kier alpha value is -4.70. The van der Waals surface area contributed by atoms with Gasteiger partial charge in [0.2, 0.25) is 0 Å². The summed E-state index contributed by atoms with van der Waals surface area (Å²) in [5.41, 5.74) is 6.25. The number of nitrogens with one attached hydrogen (secondary N) is 1. The Bertz CT molecular complexity index is 1460. The third-order valence-electron chi connectivity index (χ3n) is 5.27. The molecule has 2 aromatic rings. The van der Waals surface area contributed by atoms with E-state index in [9.17, 15) is 9.59 Å². The van der Waals surface area contributed by atoms with Crippen LogP contribution in [0.2, 0.25) is 0 Å². The lowest BCUT2D eigenvalue weighted by atomic mass is 10.0. The summed E-state index contributed by atoms with van der Waals surface area (Å²) in [6, 6.07) is 20.6. The summed E-state index contributed by atoms with van der Waals surface area (Å²) in [6.45, 7) is 0. The quantitative estimate of drug-likeness (QED) is 0.466. The monoisotopic (exact) mass is 465 g/mol. The molecule has 0 bridgehead atoms. The zero-order chi connectivity index (χ0) is 23.1. The molecule has 6 rings (SSSR count). The van der Waals surface area contributed by atoms with Crippen LogP contribution >= 0.6 is 11.3 Å². The average molecular weight is 465 g/mol. The van der Waals surface area contributed by atoms with Gasteiger partial charge >= 0.3 is 0 Å². The zero-order valence-electron chi connectivity index (χ0n) is 17.5. The first kappa shape index (κ1) is 19.9. The predicted molar refractivity (Wildman–Crippen MR) is 130 cm³/mol. The van der Waals surface area contributed by atoms with Gasteiger partial charge in [-0.15, -0.1) is 31.8 Å². The fraction of sp³-hybridized carbons (Fsp3) is 0. The van der Waals surface area contributed by atoms with Crippen LogP contribution in [-0.4, -0.2) is 22.6 Å². The number of hydrazone groups is 1. The van der Waals surface area contributed by atoms with Gasteiger partial charge in [0.15, 0.2) is 11.7 Å². The van der Waals surface area contributed by atoms with Crippen molar-refractivity contribution in [2.24, 2.45) is 15.3 Å². The van der Waals surface area contributed by atoms with Gasteiger partial charge in [-0.2, -0.15) is 5.12 Å². The van der Waals surface area contributed by atoms with E-state index in [1.807, 2.05) is 66.1 Å². The van der Waals surface area contributed by atoms with Gasteiger partial charge in [0, 0.05) is 5.56 Å². The molecule has 2 amide bonds. The molecular weight excluding hydrogens is 450 g/mol. The molecule has 4 heterocycles. The lowest BCUT2D eigenvalue weighted by molar-refractivity contribution is 0.0921. The van der Waals surface area contributed by atoms with E-state index >= 15 is 0 Å². The van der Waals surface area contributed by atoms with Crippen molar-refractivity contribution in [2.45, 2.75) is 0 Å². The first-order valence-corrected chi connectivity index (χ1v) is 11.2. The summed E-state index contributed by atoms with van der Waals surface area (Å²) in [5.74, 6) is 0.0869. The van der Waals surface area contributed by atoms with Crippen molar-refractivity contribution in [1.29, 1.82) is 0 Å². The maximum atomic E-state index is 12.3. The molecule has 0 unspecified atom stereocenters. The van der Waals surface area contributed by atoms with Crippen LogP contribution in [0.15, 0.2) is 93.5 Å². The lowest BCUT2D eigenvalue weighted by Crippen LogP contribution is -2.44. The number of anilines is 2. The van der Waals surface area contributed by atoms with Crippen molar-refractivity contribution in [1.82, 2.24) is 10.4 Å². The number of carbonyl (C=O) groups is 2. The Labute approximate surface area is 197 Å². The van der Waals surface area contributed by atoms with Crippen LogP contribution in [0.5, 0.6) is 0 Å². The number of hydrogen-bond donors (Lipinski definition) is 1. The molecule has 0 aromatic heterocycles. The van der Waals surface area contributed by atoms with Gasteiger partial charge in [0.1, 0.15) is 5.01 Å². The molecule has 0 atom stereocenters. The molecule has 4 aliphatic rings. The van der Waals surface area contributed by atoms with Gasteiger partial charge < -0.3 is 0 Å². The number of amidine groups is 1. The topological polar surface area (TPSA) is 103 Å². The molecule has 1 N–H and O–H groups in total. The largest absolute Gasteiger partial charge is 0.296 e. The minimum Gasteiger partial charge on any atom is -0.265 e. The van der Waals surface area contributed by atoms with Crippen LogP contribution in [-0.2, 0) is 0 Å². The Balaban J connectivity index is 1.41. The standard InChI is InChI=1S/C24H15N7O2S/c32-22-18-10-9-17(14-19(18)23(33)27-26-22)30-28-20(11-8-15-5-2-1-3-6-15)29-31(30)21-13-16-7-4-12-34-24(16)25-21/h1-14H,(H,28,29)/b11-8+. The summed E-state index contributed by atoms with van der Waals surface area (Å²) in [5, 5.41) is 17.7. The normalized spacial score (nSPS) is 15.2. The number of azo groups is 1. The smallest absolute Gasteiger partial charge is 0.265 e. The van der Waals surface area contributed by atoms with E-state index in [0.717, 1.165) is 16.1 Å². The summed E-state index contributed by atoms with van der Waals surface area (Å²) in [4.78, 5) is 29.0. The molecule has 0 aliphatic carbocycles. The number of rotatable bonds is 4. The number of amides is 2. The molecule has 0 saturated carbocycles. The van der Waals surface area contributed by atoms with Crippen LogP contribution < -0.4 is 15.7 Å². The van der Waals surface area contributed by atoms with Crippen molar-refractivity contribution >= 4 is 46.6 Å². The number of benzene rings is 2. The van der Waals surface area contributed by atoms with E-state index < -0.39 is 11.8 Å². The van der Waals surface area contributed by atoms with Gasteiger partial charge in [-0.25, -0.2) is 4.98 Å². The van der Waals surface area contributed by atoms with Crippen molar-refractivity contribution in [2.75, 3.05) is 10.2 Å². The molecule has 164 valence electrons. The fourth-order valence-electron chi connectivity index (χ4n) is 3.65. The van der Waals surface area contributed by atoms with Gasteiger partial charge in [-0.05, 0) is 41.3 Å². The maximum absolute atomic E-state index is 12.3. The zero-order valence-corrected chi connectivity index (χ0v) is 18.3. The molecule has 0 fully saturated rings. The van der Waals surface area contributed by atoms with E-state index in [1.165, 1.54) is 0 Å². The maximum Gasteiger partial charge on any atom is 0.296 e. The highest BCUT2D eigenvalue weighted by Gasteiger charge is 2.30. The molecule has 9 nitrogen and oxygen atoms in total. The van der Waals surface area contributed by atoms with Crippen molar-refractivity contribution in [3.8, 4) is 10.6 Å². The second kappa shape index (κ2) is 8.01. The van der Waals surface area contributed by atoms with E-state index in [2.05, 4.69) is 20.8 Å². The van der Waals surface area contributed by atoms with Crippen LogP contribution in [0.3, 0.4) is 0 Å². The van der Waals surface area contributed by atoms with Crippen LogP contribution in [0.1, 0.15) is 26.3 Å². The van der Waals surface area contributed by atoms with Gasteiger partial charge in [0.05, 0.1) is 16.8 Å². The first-order chi connectivity index (χ1) is 16.7. The highest BCUT2D eigenvalue weighted by Crippen LogP contribution is 2.33. The van der Waals surface area contributed by atoms with Gasteiger partial charge in [-0.3, -0.25) is 15.0 Å².